The summed E-state index contributed by atoms with van der Waals surface area (Å²) in [5, 5.41) is 5.28. The zero-order valence-electron chi connectivity index (χ0n) is 7.54. The summed E-state index contributed by atoms with van der Waals surface area (Å²) in [6, 6.07) is 0. The minimum absolute atomic E-state index is 0.183. The fourth-order valence-corrected chi connectivity index (χ4v) is 2.79. The standard InChI is InChI=1S/C8H17NO2S/c1-11-8(7-12(9)10)5-3-2-4-6-8/h2-7,9H2,1H3. The van der Waals surface area contributed by atoms with Crippen LogP contribution in [0.4, 0.5) is 0 Å². The van der Waals surface area contributed by atoms with Crippen molar-refractivity contribution in [3.63, 3.8) is 0 Å². The Bertz CT molecular complexity index is 166. The number of rotatable bonds is 3. The summed E-state index contributed by atoms with van der Waals surface area (Å²) in [5.74, 6) is 0.490. The van der Waals surface area contributed by atoms with Gasteiger partial charge >= 0.3 is 0 Å². The van der Waals surface area contributed by atoms with E-state index >= 15 is 0 Å². The van der Waals surface area contributed by atoms with Crippen LogP contribution in [0.3, 0.4) is 0 Å². The molecule has 3 nitrogen and oxygen atoms in total. The molecule has 1 atom stereocenters. The Morgan fingerprint density at radius 2 is 2.00 bits per heavy atom. The van der Waals surface area contributed by atoms with E-state index in [1.807, 2.05) is 0 Å². The maximum absolute atomic E-state index is 10.9. The van der Waals surface area contributed by atoms with Crippen molar-refractivity contribution in [3.8, 4) is 0 Å². The maximum atomic E-state index is 10.9. The van der Waals surface area contributed by atoms with E-state index in [9.17, 15) is 4.21 Å². The zero-order chi connectivity index (χ0) is 9.03. The molecule has 0 aromatic carbocycles. The highest BCUT2D eigenvalue weighted by Gasteiger charge is 2.32. The first kappa shape index (κ1) is 10.2. The predicted molar refractivity (Wildman–Crippen MR) is 50.0 cm³/mol. The second-order valence-corrected chi connectivity index (χ2v) is 4.52. The number of hydrogen-bond donors (Lipinski definition) is 1. The summed E-state index contributed by atoms with van der Waals surface area (Å²) in [4.78, 5) is 0. The average Bonchev–Trinajstić information content (AvgIpc) is 2.05. The first-order chi connectivity index (χ1) is 5.68. The van der Waals surface area contributed by atoms with Crippen molar-refractivity contribution in [1.82, 2.24) is 0 Å². The van der Waals surface area contributed by atoms with Crippen molar-refractivity contribution in [2.24, 2.45) is 5.14 Å². The minimum Gasteiger partial charge on any atom is -0.377 e. The number of nitrogens with two attached hydrogens (primary N) is 1. The fraction of sp³-hybridized carbons (Fsp3) is 1.00. The Morgan fingerprint density at radius 3 is 2.42 bits per heavy atom. The summed E-state index contributed by atoms with van der Waals surface area (Å²) in [7, 11) is 0.465. The van der Waals surface area contributed by atoms with E-state index in [4.69, 9.17) is 9.88 Å². The van der Waals surface area contributed by atoms with Gasteiger partial charge in [-0.3, -0.25) is 5.14 Å². The quantitative estimate of drug-likeness (QED) is 0.722. The highest BCUT2D eigenvalue weighted by Crippen LogP contribution is 2.31. The van der Waals surface area contributed by atoms with Crippen LogP contribution in [0.15, 0.2) is 0 Å². The lowest BCUT2D eigenvalue weighted by molar-refractivity contribution is -0.0196. The van der Waals surface area contributed by atoms with E-state index in [0.717, 1.165) is 12.8 Å². The third kappa shape index (κ3) is 2.54. The van der Waals surface area contributed by atoms with Crippen LogP contribution in [0.2, 0.25) is 0 Å². The van der Waals surface area contributed by atoms with E-state index in [2.05, 4.69) is 0 Å². The first-order valence-corrected chi connectivity index (χ1v) is 5.75. The van der Waals surface area contributed by atoms with E-state index in [-0.39, 0.29) is 5.60 Å². The lowest BCUT2D eigenvalue weighted by atomic mass is 9.86. The normalized spacial score (nSPS) is 25.2. The summed E-state index contributed by atoms with van der Waals surface area (Å²) in [6.45, 7) is 0. The smallest absolute Gasteiger partial charge is 0.0917 e. The van der Waals surface area contributed by atoms with E-state index in [1.54, 1.807) is 7.11 Å². The lowest BCUT2D eigenvalue weighted by Crippen LogP contribution is -2.40. The van der Waals surface area contributed by atoms with Crippen molar-refractivity contribution in [2.45, 2.75) is 37.7 Å². The molecule has 1 fully saturated rings. The Kier molecular flexibility index (Phi) is 3.68. The van der Waals surface area contributed by atoms with Crippen LogP contribution in [0.1, 0.15) is 32.1 Å². The van der Waals surface area contributed by atoms with Gasteiger partial charge in [0, 0.05) is 7.11 Å². The largest absolute Gasteiger partial charge is 0.377 e. The Hall–Kier alpha value is 0.0700. The van der Waals surface area contributed by atoms with Crippen LogP contribution in [0, 0.1) is 0 Å². The summed E-state index contributed by atoms with van der Waals surface area (Å²) in [5.41, 5.74) is -0.183. The molecule has 0 spiro atoms. The lowest BCUT2D eigenvalue weighted by Gasteiger charge is -2.34. The van der Waals surface area contributed by atoms with Crippen molar-refractivity contribution >= 4 is 11.0 Å². The third-order valence-electron chi connectivity index (χ3n) is 2.60. The molecule has 12 heavy (non-hydrogen) atoms. The second kappa shape index (κ2) is 4.35. The molecule has 0 saturated heterocycles. The summed E-state index contributed by atoms with van der Waals surface area (Å²) >= 11 is 0. The first-order valence-electron chi connectivity index (χ1n) is 4.36. The van der Waals surface area contributed by atoms with Crippen LogP contribution in [0.25, 0.3) is 0 Å². The maximum Gasteiger partial charge on any atom is 0.0917 e. The van der Waals surface area contributed by atoms with Gasteiger partial charge in [-0.25, -0.2) is 4.21 Å². The molecule has 0 aliphatic heterocycles. The highest BCUT2D eigenvalue weighted by atomic mass is 32.2. The summed E-state index contributed by atoms with van der Waals surface area (Å²) < 4.78 is 16.3. The molecule has 0 amide bonds. The molecule has 0 bridgehead atoms. The van der Waals surface area contributed by atoms with Crippen molar-refractivity contribution < 1.29 is 8.95 Å². The van der Waals surface area contributed by atoms with Gasteiger partial charge in [-0.05, 0) is 12.8 Å². The van der Waals surface area contributed by atoms with Gasteiger partial charge in [0.2, 0.25) is 0 Å². The van der Waals surface area contributed by atoms with Gasteiger partial charge in [-0.2, -0.15) is 0 Å². The minimum atomic E-state index is -1.23. The Balaban J connectivity index is 2.53. The third-order valence-corrected chi connectivity index (χ3v) is 3.41. The van der Waals surface area contributed by atoms with Crippen LogP contribution in [-0.2, 0) is 15.7 Å². The van der Waals surface area contributed by atoms with Crippen LogP contribution in [-0.4, -0.2) is 22.7 Å². The van der Waals surface area contributed by atoms with Gasteiger partial charge in [0.1, 0.15) is 0 Å². The monoisotopic (exact) mass is 191 g/mol. The number of ether oxygens (including phenoxy) is 1. The summed E-state index contributed by atoms with van der Waals surface area (Å²) in [6.07, 6.45) is 5.62. The molecule has 1 rings (SSSR count). The SMILES string of the molecule is COC1(CS(N)=O)CCCCC1. The molecular weight excluding hydrogens is 174 g/mol. The van der Waals surface area contributed by atoms with E-state index < -0.39 is 11.0 Å². The number of hydrogen-bond acceptors (Lipinski definition) is 2. The number of methoxy groups -OCH3 is 1. The molecule has 0 heterocycles. The Labute approximate surface area is 76.3 Å². The topological polar surface area (TPSA) is 52.3 Å². The fourth-order valence-electron chi connectivity index (χ4n) is 1.86. The zero-order valence-corrected chi connectivity index (χ0v) is 8.36. The highest BCUT2D eigenvalue weighted by molar-refractivity contribution is 7.82. The van der Waals surface area contributed by atoms with Gasteiger partial charge < -0.3 is 4.74 Å². The molecule has 1 unspecified atom stereocenters. The molecule has 4 heteroatoms. The molecule has 1 aliphatic carbocycles. The molecule has 0 aromatic rings. The van der Waals surface area contributed by atoms with Crippen LogP contribution in [0.5, 0.6) is 0 Å². The molecule has 2 N–H and O–H groups in total. The van der Waals surface area contributed by atoms with Crippen molar-refractivity contribution in [2.75, 3.05) is 12.9 Å². The second-order valence-electron chi connectivity index (χ2n) is 3.47. The predicted octanol–water partition coefficient (Wildman–Crippen LogP) is 0.958. The van der Waals surface area contributed by atoms with Gasteiger partial charge in [-0.1, -0.05) is 19.3 Å². The molecule has 72 valence electrons. The van der Waals surface area contributed by atoms with Crippen molar-refractivity contribution in [3.05, 3.63) is 0 Å². The van der Waals surface area contributed by atoms with Gasteiger partial charge in [0.25, 0.3) is 0 Å². The average molecular weight is 191 g/mol. The molecular formula is C8H17NO2S. The van der Waals surface area contributed by atoms with Crippen LogP contribution >= 0.6 is 0 Å². The van der Waals surface area contributed by atoms with Gasteiger partial charge in [0.15, 0.2) is 0 Å². The molecule has 0 aromatic heterocycles. The van der Waals surface area contributed by atoms with Crippen LogP contribution < -0.4 is 5.14 Å². The molecule has 0 radical (unpaired) electrons. The Morgan fingerprint density at radius 1 is 1.42 bits per heavy atom. The van der Waals surface area contributed by atoms with E-state index in [1.165, 1.54) is 19.3 Å². The molecule has 1 aliphatic rings. The van der Waals surface area contributed by atoms with Gasteiger partial charge in [-0.15, -0.1) is 0 Å². The molecule has 1 saturated carbocycles. The van der Waals surface area contributed by atoms with Crippen molar-refractivity contribution in [1.29, 1.82) is 0 Å². The van der Waals surface area contributed by atoms with E-state index in [0.29, 0.717) is 5.75 Å². The van der Waals surface area contributed by atoms with Gasteiger partial charge in [0.05, 0.1) is 22.3 Å².